The fraction of sp³-hybridized carbons (Fsp3) is 0.762. The van der Waals surface area contributed by atoms with Crippen molar-refractivity contribution in [2.24, 2.45) is 40.9 Å². The van der Waals surface area contributed by atoms with Crippen LogP contribution in [0.15, 0.2) is 24.0 Å². The molecule has 1 fully saturated rings. The lowest BCUT2D eigenvalue weighted by Crippen LogP contribution is -2.53. The number of allylic oxidation sites excluding steroid dienone is 3. The first-order chi connectivity index (χ1) is 10.8. The fourth-order valence-electron chi connectivity index (χ4n) is 6.08. The second kappa shape index (κ2) is 6.83. The molecular formula is C21H34O2. The molecule has 2 nitrogen and oxygen atoms in total. The van der Waals surface area contributed by atoms with E-state index in [1.807, 2.05) is 0 Å². The molecule has 1 saturated carbocycles. The molecule has 0 spiro atoms. The van der Waals surface area contributed by atoms with Gasteiger partial charge in [0, 0.05) is 11.5 Å². The molecule has 23 heavy (non-hydrogen) atoms. The zero-order valence-electron chi connectivity index (χ0n) is 15.7. The molecule has 0 aliphatic heterocycles. The van der Waals surface area contributed by atoms with E-state index in [0.29, 0.717) is 23.7 Å². The smallest absolute Gasteiger partial charge is 0.165 e. The van der Waals surface area contributed by atoms with Crippen molar-refractivity contribution in [2.75, 3.05) is 0 Å². The van der Waals surface area contributed by atoms with Crippen molar-refractivity contribution >= 4 is 5.78 Å². The van der Waals surface area contributed by atoms with Gasteiger partial charge in [0.25, 0.3) is 0 Å². The van der Waals surface area contributed by atoms with Crippen molar-refractivity contribution in [1.29, 1.82) is 0 Å². The number of rotatable bonds is 4. The molecule has 2 aliphatic carbocycles. The van der Waals surface area contributed by atoms with Gasteiger partial charge in [-0.3, -0.25) is 4.79 Å². The summed E-state index contributed by atoms with van der Waals surface area (Å²) in [6.45, 7) is 13.5. The first-order valence-electron chi connectivity index (χ1n) is 9.30. The summed E-state index contributed by atoms with van der Waals surface area (Å²) in [4.78, 5) is 13.1. The maximum absolute atomic E-state index is 13.1. The zero-order chi connectivity index (χ0) is 17.4. The van der Waals surface area contributed by atoms with E-state index in [9.17, 15) is 9.90 Å². The molecule has 130 valence electrons. The lowest BCUT2D eigenvalue weighted by molar-refractivity contribution is -0.137. The van der Waals surface area contributed by atoms with E-state index in [0.717, 1.165) is 18.6 Å². The molecule has 0 bridgehead atoms. The molecule has 0 aromatic rings. The Morgan fingerprint density at radius 1 is 1.43 bits per heavy atom. The summed E-state index contributed by atoms with van der Waals surface area (Å²) in [6, 6.07) is 0. The number of aliphatic hydroxyl groups excluding tert-OH is 1. The molecule has 0 saturated heterocycles. The van der Waals surface area contributed by atoms with Crippen molar-refractivity contribution in [1.82, 2.24) is 0 Å². The minimum atomic E-state index is -0.405. The maximum Gasteiger partial charge on any atom is 0.165 e. The highest BCUT2D eigenvalue weighted by molar-refractivity contribution is 5.95. The monoisotopic (exact) mass is 318 g/mol. The minimum absolute atomic E-state index is 0.106. The predicted molar refractivity (Wildman–Crippen MR) is 96.1 cm³/mol. The van der Waals surface area contributed by atoms with Crippen LogP contribution in [0.5, 0.6) is 0 Å². The first kappa shape index (κ1) is 18.3. The molecule has 0 amide bonds. The average molecular weight is 319 g/mol. The average Bonchev–Trinajstić information content (AvgIpc) is 2.45. The molecule has 2 aliphatic rings. The van der Waals surface area contributed by atoms with E-state index < -0.39 is 5.41 Å². The lowest BCUT2D eigenvalue weighted by atomic mass is 9.47. The Balaban J connectivity index is 2.58. The van der Waals surface area contributed by atoms with E-state index >= 15 is 0 Å². The summed E-state index contributed by atoms with van der Waals surface area (Å²) in [6.07, 6.45) is 8.27. The summed E-state index contributed by atoms with van der Waals surface area (Å²) in [5.41, 5.74) is 0.974. The highest BCUT2D eigenvalue weighted by atomic mass is 16.2. The van der Waals surface area contributed by atoms with Crippen LogP contribution in [0.1, 0.15) is 60.8 Å². The summed E-state index contributed by atoms with van der Waals surface area (Å²) in [5.74, 6) is 2.99. The van der Waals surface area contributed by atoms with E-state index in [4.69, 9.17) is 0 Å². The third-order valence-corrected chi connectivity index (χ3v) is 6.80. The number of carbonyl (C=O) groups excluding carboxylic acids is 1. The highest BCUT2D eigenvalue weighted by Gasteiger charge is 2.55. The fourth-order valence-corrected chi connectivity index (χ4v) is 6.08. The second-order valence-corrected chi connectivity index (χ2v) is 8.48. The largest absolute Gasteiger partial charge is 0.515 e. The van der Waals surface area contributed by atoms with Gasteiger partial charge in [0.1, 0.15) is 0 Å². The summed E-state index contributed by atoms with van der Waals surface area (Å²) >= 11 is 0. The Hall–Kier alpha value is -1.05. The van der Waals surface area contributed by atoms with Gasteiger partial charge >= 0.3 is 0 Å². The van der Waals surface area contributed by atoms with Gasteiger partial charge in [-0.05, 0) is 55.3 Å². The Morgan fingerprint density at radius 3 is 2.65 bits per heavy atom. The van der Waals surface area contributed by atoms with Crippen molar-refractivity contribution in [3.8, 4) is 0 Å². The van der Waals surface area contributed by atoms with E-state index in [1.54, 1.807) is 0 Å². The van der Waals surface area contributed by atoms with Crippen LogP contribution in [0.3, 0.4) is 0 Å². The summed E-state index contributed by atoms with van der Waals surface area (Å²) in [5, 5.41) is 9.22. The van der Waals surface area contributed by atoms with Crippen LogP contribution in [-0.2, 0) is 4.79 Å². The quantitative estimate of drug-likeness (QED) is 0.419. The highest BCUT2D eigenvalue weighted by Crippen LogP contribution is 2.58. The Morgan fingerprint density at radius 2 is 2.09 bits per heavy atom. The van der Waals surface area contributed by atoms with Crippen molar-refractivity contribution in [2.45, 2.75) is 60.8 Å². The Labute approximate surface area is 142 Å². The summed E-state index contributed by atoms with van der Waals surface area (Å²) in [7, 11) is 0. The van der Waals surface area contributed by atoms with Gasteiger partial charge in [0.15, 0.2) is 5.78 Å². The van der Waals surface area contributed by atoms with Gasteiger partial charge < -0.3 is 5.11 Å². The molecule has 0 radical (unpaired) electrons. The van der Waals surface area contributed by atoms with Gasteiger partial charge in [-0.2, -0.15) is 0 Å². The van der Waals surface area contributed by atoms with Gasteiger partial charge in [-0.25, -0.2) is 0 Å². The molecule has 2 heteroatoms. The van der Waals surface area contributed by atoms with Gasteiger partial charge in [0.05, 0.1) is 6.26 Å². The van der Waals surface area contributed by atoms with Gasteiger partial charge in [-0.15, -0.1) is 0 Å². The molecule has 1 N–H and O–H groups in total. The maximum atomic E-state index is 13.1. The number of aliphatic hydroxyl groups is 1. The standard InChI is InChI=1S/C21H34O2/c1-7-14(3)19-16(5)12-17-11-13(2)10-15(4)20(17)21(19,6)18(23)8-9-22/h8-9,12-15,17,19-20,22H,7,10-11H2,1-6H3/b9-8-/t13-,14-,15+,17+,19-,20-,21-/m0/s1. The number of hydrogen-bond acceptors (Lipinski definition) is 2. The Bertz CT molecular complexity index is 504. The lowest BCUT2D eigenvalue weighted by Gasteiger charge is -2.55. The SMILES string of the molecule is CC[C@H](C)[C@H]1C(C)=C[C@H]2C[C@@H](C)C[C@@H](C)[C@@H]2[C@@]1(C)C(=O)/C=C\O. The summed E-state index contributed by atoms with van der Waals surface area (Å²) < 4.78 is 0. The van der Waals surface area contributed by atoms with E-state index in [2.05, 4.69) is 47.6 Å². The van der Waals surface area contributed by atoms with Crippen LogP contribution in [-0.4, -0.2) is 10.9 Å². The molecule has 0 aromatic heterocycles. The zero-order valence-corrected chi connectivity index (χ0v) is 15.7. The Kier molecular flexibility index (Phi) is 5.43. The molecule has 0 aromatic carbocycles. The van der Waals surface area contributed by atoms with Crippen LogP contribution < -0.4 is 0 Å². The van der Waals surface area contributed by atoms with Crippen LogP contribution in [0.2, 0.25) is 0 Å². The van der Waals surface area contributed by atoms with Crippen molar-refractivity contribution in [3.63, 3.8) is 0 Å². The number of hydrogen-bond donors (Lipinski definition) is 1. The predicted octanol–water partition coefficient (Wildman–Crippen LogP) is 5.55. The third-order valence-electron chi connectivity index (χ3n) is 6.80. The molecule has 2 rings (SSSR count). The number of ketones is 1. The van der Waals surface area contributed by atoms with Gasteiger partial charge in [-0.1, -0.05) is 52.7 Å². The normalized spacial score (nSPS) is 42.2. The van der Waals surface area contributed by atoms with Crippen LogP contribution in [0.4, 0.5) is 0 Å². The third kappa shape index (κ3) is 3.02. The minimum Gasteiger partial charge on any atom is -0.515 e. The number of fused-ring (bicyclic) bond motifs is 1. The molecular weight excluding hydrogens is 284 g/mol. The van der Waals surface area contributed by atoms with Crippen LogP contribution >= 0.6 is 0 Å². The molecule has 0 unspecified atom stereocenters. The molecule has 0 heterocycles. The first-order valence-corrected chi connectivity index (χ1v) is 9.30. The van der Waals surface area contributed by atoms with Crippen molar-refractivity contribution in [3.05, 3.63) is 24.0 Å². The second-order valence-electron chi connectivity index (χ2n) is 8.48. The van der Waals surface area contributed by atoms with E-state index in [-0.39, 0.29) is 11.7 Å². The van der Waals surface area contributed by atoms with Crippen molar-refractivity contribution < 1.29 is 9.90 Å². The van der Waals surface area contributed by atoms with Crippen LogP contribution in [0, 0.1) is 40.9 Å². The van der Waals surface area contributed by atoms with Gasteiger partial charge in [0.2, 0.25) is 0 Å². The number of carbonyl (C=O) groups is 1. The van der Waals surface area contributed by atoms with E-state index in [1.165, 1.54) is 24.5 Å². The molecule has 7 atom stereocenters. The van der Waals surface area contributed by atoms with Crippen LogP contribution in [0.25, 0.3) is 0 Å². The topological polar surface area (TPSA) is 37.3 Å².